The third-order valence-electron chi connectivity index (χ3n) is 3.28. The molecule has 0 bridgehead atoms. The smallest absolute Gasteiger partial charge is 0.104 e. The molecule has 0 spiro atoms. The lowest BCUT2D eigenvalue weighted by Crippen LogP contribution is -3.00. The molecule has 3 heteroatoms. The molecule has 0 fully saturated rings. The Bertz CT molecular complexity index is 273. The van der Waals surface area contributed by atoms with Gasteiger partial charge in [0.2, 0.25) is 0 Å². The summed E-state index contributed by atoms with van der Waals surface area (Å²) in [4.78, 5) is 0. The van der Waals surface area contributed by atoms with Crippen LogP contribution in [0.1, 0.15) is 19.4 Å². The average molecular weight is 244 g/mol. The summed E-state index contributed by atoms with van der Waals surface area (Å²) in [5.74, 6) is 0. The highest BCUT2D eigenvalue weighted by atomic mass is 35.5. The predicted octanol–water partition coefficient (Wildman–Crippen LogP) is -0.960. The summed E-state index contributed by atoms with van der Waals surface area (Å²) in [6, 6.07) is 10.5. The van der Waals surface area contributed by atoms with Crippen LogP contribution < -0.4 is 12.4 Å². The standard InChI is InChI=1S/C13H22NO.ClH/c1-3-14(4-2,10-11-15)12-13-8-6-5-7-9-13;/h5-9,15H,3-4,10-12H2,1-2H3;1H/q+1;/p-1. The normalized spacial score (nSPS) is 10.9. The van der Waals surface area contributed by atoms with Gasteiger partial charge in [-0.3, -0.25) is 0 Å². The lowest BCUT2D eigenvalue weighted by molar-refractivity contribution is -0.938. The first-order valence-corrected chi connectivity index (χ1v) is 5.76. The Balaban J connectivity index is 0.00000225. The van der Waals surface area contributed by atoms with E-state index in [4.69, 9.17) is 5.11 Å². The minimum absolute atomic E-state index is 0. The van der Waals surface area contributed by atoms with Crippen LogP contribution in [0.25, 0.3) is 0 Å². The van der Waals surface area contributed by atoms with Crippen LogP contribution >= 0.6 is 0 Å². The summed E-state index contributed by atoms with van der Waals surface area (Å²) in [5.41, 5.74) is 1.36. The van der Waals surface area contributed by atoms with Crippen molar-refractivity contribution in [2.45, 2.75) is 20.4 Å². The molecule has 1 aromatic carbocycles. The number of aliphatic hydroxyl groups is 1. The van der Waals surface area contributed by atoms with Crippen molar-refractivity contribution < 1.29 is 22.0 Å². The van der Waals surface area contributed by atoms with Crippen molar-refractivity contribution in [2.24, 2.45) is 0 Å². The number of halogens is 1. The van der Waals surface area contributed by atoms with Gasteiger partial charge in [0.1, 0.15) is 13.1 Å². The Hall–Kier alpha value is -0.570. The van der Waals surface area contributed by atoms with Crippen molar-refractivity contribution in [3.05, 3.63) is 35.9 Å². The van der Waals surface area contributed by atoms with E-state index in [2.05, 4.69) is 38.1 Å². The van der Waals surface area contributed by atoms with Gasteiger partial charge in [-0.05, 0) is 13.8 Å². The Kier molecular flexibility index (Phi) is 7.39. The van der Waals surface area contributed by atoms with E-state index in [-0.39, 0.29) is 19.0 Å². The average Bonchev–Trinajstić information content (AvgIpc) is 2.30. The summed E-state index contributed by atoms with van der Waals surface area (Å²) in [6.07, 6.45) is 0. The van der Waals surface area contributed by atoms with Crippen LogP contribution in [-0.2, 0) is 6.54 Å². The first-order chi connectivity index (χ1) is 7.26. The zero-order valence-corrected chi connectivity index (χ0v) is 11.0. The number of quaternary nitrogens is 1. The second-order valence-corrected chi connectivity index (χ2v) is 4.07. The van der Waals surface area contributed by atoms with E-state index in [0.717, 1.165) is 30.7 Å². The highest BCUT2D eigenvalue weighted by molar-refractivity contribution is 5.13. The summed E-state index contributed by atoms with van der Waals surface area (Å²) in [5, 5.41) is 9.13. The van der Waals surface area contributed by atoms with Crippen LogP contribution in [0.15, 0.2) is 30.3 Å². The molecule has 92 valence electrons. The first-order valence-electron chi connectivity index (χ1n) is 5.76. The van der Waals surface area contributed by atoms with Crippen molar-refractivity contribution in [2.75, 3.05) is 26.2 Å². The largest absolute Gasteiger partial charge is 1.00 e. The van der Waals surface area contributed by atoms with Crippen molar-refractivity contribution in [1.82, 2.24) is 0 Å². The Morgan fingerprint density at radius 2 is 1.62 bits per heavy atom. The van der Waals surface area contributed by atoms with Gasteiger partial charge < -0.3 is 22.0 Å². The van der Waals surface area contributed by atoms with Crippen LogP contribution in [0.4, 0.5) is 0 Å². The fourth-order valence-electron chi connectivity index (χ4n) is 2.03. The molecule has 0 saturated carbocycles. The summed E-state index contributed by atoms with van der Waals surface area (Å²) < 4.78 is 0.973. The molecule has 0 aromatic heterocycles. The van der Waals surface area contributed by atoms with E-state index >= 15 is 0 Å². The molecule has 0 saturated heterocycles. The first kappa shape index (κ1) is 15.4. The van der Waals surface area contributed by atoms with Gasteiger partial charge in [-0.2, -0.15) is 0 Å². The number of likely N-dealkylation sites (N-methyl/N-ethyl adjacent to an activating group) is 1. The molecule has 0 aliphatic rings. The molecule has 1 rings (SSSR count). The molecule has 1 N–H and O–H groups in total. The van der Waals surface area contributed by atoms with Gasteiger partial charge in [-0.15, -0.1) is 0 Å². The van der Waals surface area contributed by atoms with E-state index in [1.807, 2.05) is 6.07 Å². The van der Waals surface area contributed by atoms with Crippen molar-refractivity contribution in [3.8, 4) is 0 Å². The monoisotopic (exact) mass is 243 g/mol. The molecule has 0 amide bonds. The maximum absolute atomic E-state index is 9.13. The fraction of sp³-hybridized carbons (Fsp3) is 0.538. The molecule has 0 aliphatic carbocycles. The maximum atomic E-state index is 9.13. The van der Waals surface area contributed by atoms with Gasteiger partial charge >= 0.3 is 0 Å². The molecule has 0 heterocycles. The Morgan fingerprint density at radius 1 is 1.06 bits per heavy atom. The minimum atomic E-state index is 0. The molecular weight excluding hydrogens is 222 g/mol. The number of benzene rings is 1. The second kappa shape index (κ2) is 7.66. The van der Waals surface area contributed by atoms with Gasteiger partial charge in [0.05, 0.1) is 19.7 Å². The molecule has 16 heavy (non-hydrogen) atoms. The number of nitrogens with zero attached hydrogens (tertiary/aromatic N) is 1. The van der Waals surface area contributed by atoms with Crippen LogP contribution in [0.3, 0.4) is 0 Å². The van der Waals surface area contributed by atoms with E-state index in [1.54, 1.807) is 0 Å². The molecule has 0 atom stereocenters. The molecule has 0 unspecified atom stereocenters. The van der Waals surface area contributed by atoms with Crippen LogP contribution in [0.5, 0.6) is 0 Å². The van der Waals surface area contributed by atoms with Gasteiger partial charge in [-0.1, -0.05) is 30.3 Å². The SMILES string of the molecule is CC[N+](CC)(CCO)Cc1ccccc1.[Cl-]. The molecule has 0 aliphatic heterocycles. The van der Waals surface area contributed by atoms with Gasteiger partial charge in [0.15, 0.2) is 0 Å². The number of hydrogen-bond donors (Lipinski definition) is 1. The maximum Gasteiger partial charge on any atom is 0.104 e. The minimum Gasteiger partial charge on any atom is -1.00 e. The summed E-state index contributed by atoms with van der Waals surface area (Å²) in [6.45, 7) is 8.69. The summed E-state index contributed by atoms with van der Waals surface area (Å²) in [7, 11) is 0. The molecule has 0 radical (unpaired) electrons. The lowest BCUT2D eigenvalue weighted by atomic mass is 10.2. The number of rotatable bonds is 6. The van der Waals surface area contributed by atoms with Crippen LogP contribution in [0, 0.1) is 0 Å². The van der Waals surface area contributed by atoms with E-state index in [0.29, 0.717) is 0 Å². The Morgan fingerprint density at radius 3 is 2.06 bits per heavy atom. The highest BCUT2D eigenvalue weighted by Crippen LogP contribution is 2.13. The van der Waals surface area contributed by atoms with Crippen LogP contribution in [-0.4, -0.2) is 35.8 Å². The fourth-order valence-corrected chi connectivity index (χ4v) is 2.03. The zero-order valence-electron chi connectivity index (χ0n) is 10.2. The quantitative estimate of drug-likeness (QED) is 0.639. The molecular formula is C13H22ClNO. The zero-order chi connectivity index (χ0) is 11.1. The lowest BCUT2D eigenvalue weighted by Gasteiger charge is -2.36. The van der Waals surface area contributed by atoms with Gasteiger partial charge in [0.25, 0.3) is 0 Å². The van der Waals surface area contributed by atoms with E-state index < -0.39 is 0 Å². The van der Waals surface area contributed by atoms with E-state index in [1.165, 1.54) is 5.56 Å². The highest BCUT2D eigenvalue weighted by Gasteiger charge is 2.22. The van der Waals surface area contributed by atoms with Crippen LogP contribution in [0.2, 0.25) is 0 Å². The molecule has 2 nitrogen and oxygen atoms in total. The topological polar surface area (TPSA) is 20.2 Å². The number of hydrogen-bond acceptors (Lipinski definition) is 1. The number of aliphatic hydroxyl groups excluding tert-OH is 1. The third-order valence-corrected chi connectivity index (χ3v) is 3.28. The predicted molar refractivity (Wildman–Crippen MR) is 63.4 cm³/mol. The van der Waals surface area contributed by atoms with Crippen molar-refractivity contribution in [1.29, 1.82) is 0 Å². The van der Waals surface area contributed by atoms with Crippen molar-refractivity contribution >= 4 is 0 Å². The van der Waals surface area contributed by atoms with Crippen molar-refractivity contribution in [3.63, 3.8) is 0 Å². The van der Waals surface area contributed by atoms with E-state index in [9.17, 15) is 0 Å². The third kappa shape index (κ3) is 4.12. The Labute approximate surface area is 105 Å². The summed E-state index contributed by atoms with van der Waals surface area (Å²) >= 11 is 0. The molecule has 1 aromatic rings. The van der Waals surface area contributed by atoms with Gasteiger partial charge in [-0.25, -0.2) is 0 Å². The second-order valence-electron chi connectivity index (χ2n) is 4.07. The van der Waals surface area contributed by atoms with Gasteiger partial charge in [0, 0.05) is 5.56 Å².